The van der Waals surface area contributed by atoms with E-state index in [1.54, 1.807) is 0 Å². The van der Waals surface area contributed by atoms with Crippen LogP contribution in [0.3, 0.4) is 0 Å². The lowest BCUT2D eigenvalue weighted by Crippen LogP contribution is -2.34. The van der Waals surface area contributed by atoms with Gasteiger partial charge in [0, 0.05) is 6.04 Å². The SMILES string of the molecule is Br.NC1CCCCC1F. The van der Waals surface area contributed by atoms with Crippen molar-refractivity contribution < 1.29 is 4.39 Å². The van der Waals surface area contributed by atoms with Crippen molar-refractivity contribution >= 4 is 17.0 Å². The van der Waals surface area contributed by atoms with Crippen LogP contribution in [0.15, 0.2) is 0 Å². The molecule has 9 heavy (non-hydrogen) atoms. The van der Waals surface area contributed by atoms with Crippen LogP contribution >= 0.6 is 17.0 Å². The molecule has 56 valence electrons. The Labute approximate surface area is 65.6 Å². The molecule has 2 atom stereocenters. The predicted molar refractivity (Wildman–Crippen MR) is 41.7 cm³/mol. The molecule has 1 saturated carbocycles. The summed E-state index contributed by atoms with van der Waals surface area (Å²) in [6, 6.07) is -0.163. The third-order valence-corrected chi connectivity index (χ3v) is 1.73. The van der Waals surface area contributed by atoms with Crippen LogP contribution in [0.4, 0.5) is 4.39 Å². The zero-order valence-electron chi connectivity index (χ0n) is 5.35. The molecule has 0 spiro atoms. The smallest absolute Gasteiger partial charge is 0.115 e. The summed E-state index contributed by atoms with van der Waals surface area (Å²) in [5.74, 6) is 0. The van der Waals surface area contributed by atoms with Gasteiger partial charge in [0.15, 0.2) is 0 Å². The molecular formula is C6H13BrFN. The molecule has 0 aromatic carbocycles. The van der Waals surface area contributed by atoms with E-state index in [0.29, 0.717) is 6.42 Å². The van der Waals surface area contributed by atoms with Crippen LogP contribution in [0.2, 0.25) is 0 Å². The first-order valence-electron chi connectivity index (χ1n) is 3.20. The van der Waals surface area contributed by atoms with E-state index in [2.05, 4.69) is 0 Å². The van der Waals surface area contributed by atoms with Crippen LogP contribution in [0.25, 0.3) is 0 Å². The first-order chi connectivity index (χ1) is 3.80. The Hall–Kier alpha value is 0.370. The van der Waals surface area contributed by atoms with Crippen molar-refractivity contribution in [1.29, 1.82) is 0 Å². The fraction of sp³-hybridized carbons (Fsp3) is 1.00. The lowest BCUT2D eigenvalue weighted by atomic mass is 9.95. The topological polar surface area (TPSA) is 26.0 Å². The minimum Gasteiger partial charge on any atom is -0.325 e. The molecule has 1 nitrogen and oxygen atoms in total. The quantitative estimate of drug-likeness (QED) is 0.631. The molecule has 1 rings (SSSR count). The highest BCUT2D eigenvalue weighted by molar-refractivity contribution is 8.93. The van der Waals surface area contributed by atoms with Gasteiger partial charge in [-0.05, 0) is 12.8 Å². The van der Waals surface area contributed by atoms with Gasteiger partial charge < -0.3 is 5.73 Å². The van der Waals surface area contributed by atoms with E-state index in [4.69, 9.17) is 5.73 Å². The second-order valence-corrected chi connectivity index (χ2v) is 2.46. The summed E-state index contributed by atoms with van der Waals surface area (Å²) in [4.78, 5) is 0. The average Bonchev–Trinajstić information content (AvgIpc) is 1.77. The van der Waals surface area contributed by atoms with E-state index in [1.165, 1.54) is 0 Å². The predicted octanol–water partition coefficient (Wildman–Crippen LogP) is 1.80. The van der Waals surface area contributed by atoms with Crippen molar-refractivity contribution in [3.05, 3.63) is 0 Å². The lowest BCUT2D eigenvalue weighted by molar-refractivity contribution is 0.218. The molecule has 2 unspecified atom stereocenters. The van der Waals surface area contributed by atoms with Gasteiger partial charge in [-0.3, -0.25) is 0 Å². The van der Waals surface area contributed by atoms with E-state index < -0.39 is 6.17 Å². The third-order valence-electron chi connectivity index (χ3n) is 1.73. The second kappa shape index (κ2) is 4.23. The third kappa shape index (κ3) is 2.63. The van der Waals surface area contributed by atoms with Crippen molar-refractivity contribution in [2.45, 2.75) is 37.9 Å². The summed E-state index contributed by atoms with van der Waals surface area (Å²) < 4.78 is 12.5. The van der Waals surface area contributed by atoms with Gasteiger partial charge >= 0.3 is 0 Å². The molecule has 2 N–H and O–H groups in total. The molecule has 0 aromatic heterocycles. The summed E-state index contributed by atoms with van der Waals surface area (Å²) in [5.41, 5.74) is 5.40. The average molecular weight is 198 g/mol. The fourth-order valence-electron chi connectivity index (χ4n) is 1.11. The standard InChI is InChI=1S/C6H12FN.BrH/c7-5-3-1-2-4-6(5)8;/h5-6H,1-4,8H2;1H. The number of alkyl halides is 1. The second-order valence-electron chi connectivity index (χ2n) is 2.46. The molecule has 1 aliphatic carbocycles. The molecular weight excluding hydrogens is 185 g/mol. The van der Waals surface area contributed by atoms with E-state index in [-0.39, 0.29) is 23.0 Å². The molecule has 0 bridgehead atoms. The van der Waals surface area contributed by atoms with E-state index >= 15 is 0 Å². The maximum absolute atomic E-state index is 12.5. The Bertz CT molecular complexity index is 69.5. The molecule has 0 radical (unpaired) electrons. The Balaban J connectivity index is 0.000000640. The van der Waals surface area contributed by atoms with E-state index in [9.17, 15) is 4.39 Å². The van der Waals surface area contributed by atoms with Gasteiger partial charge in [-0.15, -0.1) is 17.0 Å². The van der Waals surface area contributed by atoms with Crippen LogP contribution in [-0.2, 0) is 0 Å². The van der Waals surface area contributed by atoms with Gasteiger partial charge in [0.05, 0.1) is 0 Å². The zero-order valence-corrected chi connectivity index (χ0v) is 7.06. The molecule has 1 fully saturated rings. The number of hydrogen-bond donors (Lipinski definition) is 1. The van der Waals surface area contributed by atoms with Crippen LogP contribution in [0.1, 0.15) is 25.7 Å². The molecule has 0 saturated heterocycles. The van der Waals surface area contributed by atoms with Gasteiger partial charge in [0.1, 0.15) is 6.17 Å². The molecule has 0 heterocycles. The first-order valence-corrected chi connectivity index (χ1v) is 3.20. The number of hydrogen-bond acceptors (Lipinski definition) is 1. The van der Waals surface area contributed by atoms with Gasteiger partial charge in [-0.2, -0.15) is 0 Å². The summed E-state index contributed by atoms with van der Waals surface area (Å²) >= 11 is 0. The summed E-state index contributed by atoms with van der Waals surface area (Å²) in [7, 11) is 0. The van der Waals surface area contributed by atoms with Crippen LogP contribution in [-0.4, -0.2) is 12.2 Å². The molecule has 1 aliphatic rings. The normalized spacial score (nSPS) is 35.3. The zero-order chi connectivity index (χ0) is 5.98. The van der Waals surface area contributed by atoms with E-state index in [1.807, 2.05) is 0 Å². The van der Waals surface area contributed by atoms with Gasteiger partial charge in [0.25, 0.3) is 0 Å². The Kier molecular flexibility index (Phi) is 4.40. The summed E-state index contributed by atoms with van der Waals surface area (Å²) in [6.45, 7) is 0. The van der Waals surface area contributed by atoms with Crippen LogP contribution in [0, 0.1) is 0 Å². The van der Waals surface area contributed by atoms with Crippen molar-refractivity contribution in [1.82, 2.24) is 0 Å². The Morgan fingerprint density at radius 1 is 1.22 bits per heavy atom. The first kappa shape index (κ1) is 9.37. The van der Waals surface area contributed by atoms with Gasteiger partial charge in [-0.25, -0.2) is 4.39 Å². The van der Waals surface area contributed by atoms with Gasteiger partial charge in [-0.1, -0.05) is 12.8 Å². The highest BCUT2D eigenvalue weighted by Gasteiger charge is 2.19. The maximum atomic E-state index is 12.5. The van der Waals surface area contributed by atoms with Crippen LogP contribution in [0.5, 0.6) is 0 Å². The molecule has 0 aliphatic heterocycles. The molecule has 3 heteroatoms. The monoisotopic (exact) mass is 197 g/mol. The highest BCUT2D eigenvalue weighted by atomic mass is 79.9. The van der Waals surface area contributed by atoms with Gasteiger partial charge in [0.2, 0.25) is 0 Å². The van der Waals surface area contributed by atoms with Crippen molar-refractivity contribution in [2.75, 3.05) is 0 Å². The Morgan fingerprint density at radius 2 is 1.78 bits per heavy atom. The molecule has 0 aromatic rings. The summed E-state index contributed by atoms with van der Waals surface area (Å²) in [5, 5.41) is 0. The fourth-order valence-corrected chi connectivity index (χ4v) is 1.11. The minimum absolute atomic E-state index is 0. The van der Waals surface area contributed by atoms with Crippen molar-refractivity contribution in [3.8, 4) is 0 Å². The van der Waals surface area contributed by atoms with Crippen molar-refractivity contribution in [2.24, 2.45) is 5.73 Å². The molecule has 0 amide bonds. The highest BCUT2D eigenvalue weighted by Crippen LogP contribution is 2.18. The largest absolute Gasteiger partial charge is 0.325 e. The van der Waals surface area contributed by atoms with Crippen LogP contribution < -0.4 is 5.73 Å². The number of nitrogens with two attached hydrogens (primary N) is 1. The summed E-state index contributed by atoms with van der Waals surface area (Å²) in [6.07, 6.45) is 2.97. The maximum Gasteiger partial charge on any atom is 0.115 e. The number of rotatable bonds is 0. The van der Waals surface area contributed by atoms with E-state index in [0.717, 1.165) is 19.3 Å². The minimum atomic E-state index is -0.719. The number of halogens is 2. The Morgan fingerprint density at radius 3 is 2.11 bits per heavy atom. The van der Waals surface area contributed by atoms with Crippen molar-refractivity contribution in [3.63, 3.8) is 0 Å². The lowest BCUT2D eigenvalue weighted by Gasteiger charge is -2.21.